The van der Waals surface area contributed by atoms with Crippen molar-refractivity contribution < 1.29 is 4.79 Å². The van der Waals surface area contributed by atoms with E-state index in [0.29, 0.717) is 16.8 Å². The summed E-state index contributed by atoms with van der Waals surface area (Å²) in [6, 6.07) is 0. The molecule has 0 saturated carbocycles. The van der Waals surface area contributed by atoms with Gasteiger partial charge in [-0.15, -0.1) is 24.0 Å². The molecule has 1 aliphatic heterocycles. The van der Waals surface area contributed by atoms with Gasteiger partial charge >= 0.3 is 0 Å². The highest BCUT2D eigenvalue weighted by Crippen LogP contribution is 2.16. The van der Waals surface area contributed by atoms with E-state index in [2.05, 4.69) is 11.6 Å². The minimum Gasteiger partial charge on any atom is -0.289 e. The molecule has 0 N–H and O–H groups in total. The number of ketones is 1. The van der Waals surface area contributed by atoms with Crippen LogP contribution >= 0.6 is 24.0 Å². The predicted molar refractivity (Wildman–Crippen MR) is 53.3 cm³/mol. The van der Waals surface area contributed by atoms with Crippen molar-refractivity contribution in [1.82, 2.24) is 0 Å². The Morgan fingerprint density at radius 3 is 2.75 bits per heavy atom. The third-order valence-electron chi connectivity index (χ3n) is 1.57. The molecule has 1 heterocycles. The van der Waals surface area contributed by atoms with Gasteiger partial charge in [-0.1, -0.05) is 6.58 Å². The fourth-order valence-electron chi connectivity index (χ4n) is 0.818. The molecule has 66 valence electrons. The van der Waals surface area contributed by atoms with Crippen molar-refractivity contribution in [1.29, 1.82) is 0 Å². The summed E-state index contributed by atoms with van der Waals surface area (Å²) in [5, 5.41) is 0. The van der Waals surface area contributed by atoms with Gasteiger partial charge in [0.05, 0.1) is 11.6 Å². The number of rotatable bonds is 1. The summed E-state index contributed by atoms with van der Waals surface area (Å²) in [7, 11) is 0. The third-order valence-corrected chi connectivity index (χ3v) is 1.82. The smallest absolute Gasteiger partial charge is 0.191 e. The molecule has 0 spiro atoms. The summed E-state index contributed by atoms with van der Waals surface area (Å²) in [5.74, 6) is 0.220. The molecular formula is C8H9Cl2NO. The molecule has 4 heteroatoms. The second kappa shape index (κ2) is 4.43. The van der Waals surface area contributed by atoms with Gasteiger partial charge in [-0.05, 0) is 6.92 Å². The van der Waals surface area contributed by atoms with Crippen LogP contribution in [-0.2, 0) is 4.79 Å². The van der Waals surface area contributed by atoms with Crippen LogP contribution in [0.2, 0.25) is 0 Å². The second-order valence-corrected chi connectivity index (χ2v) is 2.59. The van der Waals surface area contributed by atoms with Crippen LogP contribution < -0.4 is 0 Å². The molecular weight excluding hydrogens is 197 g/mol. The lowest BCUT2D eigenvalue weighted by atomic mass is 10.0. The van der Waals surface area contributed by atoms with Crippen LogP contribution in [0.25, 0.3) is 0 Å². The molecule has 0 aliphatic carbocycles. The normalized spacial score (nSPS) is 16.5. The molecule has 0 bridgehead atoms. The van der Waals surface area contributed by atoms with E-state index in [0.717, 1.165) is 0 Å². The summed E-state index contributed by atoms with van der Waals surface area (Å²) < 4.78 is 0. The van der Waals surface area contributed by atoms with Crippen LogP contribution in [0.15, 0.2) is 28.4 Å². The van der Waals surface area contributed by atoms with Crippen LogP contribution in [0.3, 0.4) is 0 Å². The van der Waals surface area contributed by atoms with Gasteiger partial charge in [-0.3, -0.25) is 9.79 Å². The van der Waals surface area contributed by atoms with Crippen molar-refractivity contribution in [3.8, 4) is 0 Å². The Hall–Kier alpha value is -0.600. The minimum absolute atomic E-state index is 0. The monoisotopic (exact) mass is 205 g/mol. The first-order valence-corrected chi connectivity index (χ1v) is 3.73. The van der Waals surface area contributed by atoms with Crippen molar-refractivity contribution in [3.05, 3.63) is 23.4 Å². The largest absolute Gasteiger partial charge is 0.289 e. The zero-order valence-electron chi connectivity index (χ0n) is 6.63. The van der Waals surface area contributed by atoms with Gasteiger partial charge in [0.25, 0.3) is 0 Å². The maximum Gasteiger partial charge on any atom is 0.191 e. The lowest BCUT2D eigenvalue weighted by Gasteiger charge is -2.08. The SMILES string of the molecule is C=C1C=NC(CCl)=C(C)C1=O.Cl. The maximum absolute atomic E-state index is 11.2. The number of halogens is 2. The molecule has 0 aromatic heterocycles. The number of allylic oxidation sites excluding steroid dienone is 3. The molecule has 0 unspecified atom stereocenters. The summed E-state index contributed by atoms with van der Waals surface area (Å²) in [6.07, 6.45) is 1.45. The maximum atomic E-state index is 11.2. The highest BCUT2D eigenvalue weighted by Gasteiger charge is 2.15. The Kier molecular flexibility index (Phi) is 4.21. The number of alkyl halides is 1. The van der Waals surface area contributed by atoms with Gasteiger partial charge in [0.15, 0.2) is 5.78 Å². The Bertz CT molecular complexity index is 279. The number of carbonyl (C=O) groups is 1. The van der Waals surface area contributed by atoms with Gasteiger partial charge in [-0.25, -0.2) is 0 Å². The van der Waals surface area contributed by atoms with E-state index in [1.54, 1.807) is 6.92 Å². The van der Waals surface area contributed by atoms with Crippen LogP contribution in [0, 0.1) is 0 Å². The third kappa shape index (κ3) is 1.96. The summed E-state index contributed by atoms with van der Waals surface area (Å²) in [4.78, 5) is 15.1. The first kappa shape index (κ1) is 11.4. The molecule has 12 heavy (non-hydrogen) atoms. The Morgan fingerprint density at radius 1 is 1.67 bits per heavy atom. The van der Waals surface area contributed by atoms with Crippen LogP contribution in [0.1, 0.15) is 6.92 Å². The molecule has 0 amide bonds. The average molecular weight is 206 g/mol. The van der Waals surface area contributed by atoms with Gasteiger partial charge in [0.2, 0.25) is 0 Å². The zero-order valence-corrected chi connectivity index (χ0v) is 8.21. The summed E-state index contributed by atoms with van der Waals surface area (Å²) >= 11 is 5.53. The fourth-order valence-corrected chi connectivity index (χ4v) is 1.09. The van der Waals surface area contributed by atoms with E-state index in [4.69, 9.17) is 11.6 Å². The number of nitrogens with zero attached hydrogens (tertiary/aromatic N) is 1. The van der Waals surface area contributed by atoms with Crippen molar-refractivity contribution in [2.45, 2.75) is 6.92 Å². The van der Waals surface area contributed by atoms with Gasteiger partial charge in [-0.2, -0.15) is 0 Å². The number of hydrogen-bond acceptors (Lipinski definition) is 2. The number of Topliss-reactive ketones (excluding diaryl/α,β-unsaturated/α-hetero) is 1. The first-order valence-electron chi connectivity index (χ1n) is 3.20. The summed E-state index contributed by atoms with van der Waals surface area (Å²) in [6.45, 7) is 5.25. The number of hydrogen-bond donors (Lipinski definition) is 0. The predicted octanol–water partition coefficient (Wildman–Crippen LogP) is 2.13. The van der Waals surface area contributed by atoms with Crippen molar-refractivity contribution >= 4 is 36.0 Å². The van der Waals surface area contributed by atoms with Crippen LogP contribution in [0.4, 0.5) is 0 Å². The first-order chi connectivity index (χ1) is 5.16. The highest BCUT2D eigenvalue weighted by molar-refractivity contribution is 6.25. The molecule has 2 nitrogen and oxygen atoms in total. The highest BCUT2D eigenvalue weighted by atomic mass is 35.5. The standard InChI is InChI=1S/C8H8ClNO.ClH/c1-5-4-10-7(3-9)6(2)8(5)11;/h4H,1,3H2,2H3;1H. The average Bonchev–Trinajstić information content (AvgIpc) is 2.01. The Labute approximate surface area is 82.4 Å². The lowest BCUT2D eigenvalue weighted by Crippen LogP contribution is -2.11. The molecule has 0 saturated heterocycles. The molecule has 1 aliphatic rings. The Balaban J connectivity index is 0.00000121. The number of aliphatic imine (C=N–C) groups is 1. The molecule has 1 rings (SSSR count). The van der Waals surface area contributed by atoms with E-state index >= 15 is 0 Å². The molecule has 0 fully saturated rings. The van der Waals surface area contributed by atoms with E-state index in [1.807, 2.05) is 0 Å². The molecule has 0 aromatic carbocycles. The van der Waals surface area contributed by atoms with E-state index in [1.165, 1.54) is 6.21 Å². The summed E-state index contributed by atoms with van der Waals surface area (Å²) in [5.41, 5.74) is 1.67. The van der Waals surface area contributed by atoms with E-state index < -0.39 is 0 Å². The van der Waals surface area contributed by atoms with Crippen molar-refractivity contribution in [2.24, 2.45) is 4.99 Å². The van der Waals surface area contributed by atoms with E-state index in [9.17, 15) is 4.79 Å². The fraction of sp³-hybridized carbons (Fsp3) is 0.250. The molecule has 0 aromatic rings. The zero-order chi connectivity index (χ0) is 8.43. The Morgan fingerprint density at radius 2 is 2.25 bits per heavy atom. The van der Waals surface area contributed by atoms with Crippen LogP contribution in [0.5, 0.6) is 0 Å². The number of carbonyl (C=O) groups excluding carboxylic acids is 1. The van der Waals surface area contributed by atoms with Gasteiger partial charge < -0.3 is 0 Å². The van der Waals surface area contributed by atoms with Crippen molar-refractivity contribution in [2.75, 3.05) is 5.88 Å². The molecule has 0 radical (unpaired) electrons. The van der Waals surface area contributed by atoms with Crippen molar-refractivity contribution in [3.63, 3.8) is 0 Å². The second-order valence-electron chi connectivity index (χ2n) is 2.32. The van der Waals surface area contributed by atoms with Crippen LogP contribution in [-0.4, -0.2) is 17.9 Å². The quantitative estimate of drug-likeness (QED) is 0.477. The van der Waals surface area contributed by atoms with E-state index in [-0.39, 0.29) is 24.1 Å². The van der Waals surface area contributed by atoms with Gasteiger partial charge in [0, 0.05) is 17.4 Å². The molecule has 0 atom stereocenters. The minimum atomic E-state index is -0.0596. The van der Waals surface area contributed by atoms with Gasteiger partial charge in [0.1, 0.15) is 0 Å². The lowest BCUT2D eigenvalue weighted by molar-refractivity contribution is -0.111. The topological polar surface area (TPSA) is 29.4 Å².